The van der Waals surface area contributed by atoms with Crippen molar-refractivity contribution in [3.05, 3.63) is 78.1 Å². The fourth-order valence-corrected chi connectivity index (χ4v) is 2.25. The molecule has 0 fully saturated rings. The maximum absolute atomic E-state index is 13.3. The van der Waals surface area contributed by atoms with Crippen molar-refractivity contribution in [1.82, 2.24) is 5.32 Å². The van der Waals surface area contributed by atoms with Crippen LogP contribution in [0, 0.1) is 5.82 Å². The van der Waals surface area contributed by atoms with Gasteiger partial charge in [-0.1, -0.05) is 18.7 Å². The number of carbonyl (C=O) groups is 2. The third kappa shape index (κ3) is 4.50. The van der Waals surface area contributed by atoms with E-state index in [-0.39, 0.29) is 5.91 Å². The van der Waals surface area contributed by atoms with Crippen LogP contribution in [0.3, 0.4) is 0 Å². The average Bonchev–Trinajstić information content (AvgIpc) is 2.65. The zero-order chi connectivity index (χ0) is 18.4. The number of alkyl halides is 1. The van der Waals surface area contributed by atoms with Crippen molar-refractivity contribution >= 4 is 17.5 Å². The smallest absolute Gasteiger partial charge is 0.251 e. The number of halogens is 2. The van der Waals surface area contributed by atoms with Crippen molar-refractivity contribution in [2.75, 3.05) is 18.6 Å². The first-order valence-electron chi connectivity index (χ1n) is 7.58. The molecule has 1 atom stereocenters. The second kappa shape index (κ2) is 8.19. The Hall–Kier alpha value is -3.02. The predicted molar refractivity (Wildman–Crippen MR) is 92.6 cm³/mol. The Morgan fingerprint density at radius 1 is 1.16 bits per heavy atom. The summed E-state index contributed by atoms with van der Waals surface area (Å²) in [5.41, 5.74) is 1.40. The molecule has 2 rings (SSSR count). The zero-order valence-electron chi connectivity index (χ0n) is 13.7. The summed E-state index contributed by atoms with van der Waals surface area (Å²) in [4.78, 5) is 25.2. The summed E-state index contributed by atoms with van der Waals surface area (Å²) in [6, 6.07) is 10.7. The molecule has 0 heterocycles. The Bertz CT molecular complexity index is 758. The maximum Gasteiger partial charge on any atom is 0.251 e. The van der Waals surface area contributed by atoms with E-state index in [1.807, 2.05) is 0 Å². The van der Waals surface area contributed by atoms with Crippen LogP contribution < -0.4 is 10.2 Å². The van der Waals surface area contributed by atoms with Gasteiger partial charge in [0.15, 0.2) is 0 Å². The minimum Gasteiger partial charge on any atom is -0.343 e. The van der Waals surface area contributed by atoms with E-state index >= 15 is 0 Å². The average molecular weight is 344 g/mol. The van der Waals surface area contributed by atoms with Crippen LogP contribution in [-0.2, 0) is 4.79 Å². The fraction of sp³-hybridized carbons (Fsp3) is 0.158. The first kappa shape index (κ1) is 18.3. The summed E-state index contributed by atoms with van der Waals surface area (Å²) in [5, 5.41) is 2.57. The molecule has 4 nitrogen and oxygen atoms in total. The van der Waals surface area contributed by atoms with E-state index in [9.17, 15) is 18.4 Å². The molecular formula is C19H18F2N2O2. The lowest BCUT2D eigenvalue weighted by atomic mass is 10.1. The van der Waals surface area contributed by atoms with Crippen LogP contribution in [0.4, 0.5) is 14.5 Å². The second-order valence-electron chi connectivity index (χ2n) is 5.38. The van der Waals surface area contributed by atoms with Crippen LogP contribution in [0.2, 0.25) is 0 Å². The summed E-state index contributed by atoms with van der Waals surface area (Å²) in [5.74, 6) is -1.16. The summed E-state index contributed by atoms with van der Waals surface area (Å²) in [7, 11) is 1.59. The second-order valence-corrected chi connectivity index (χ2v) is 5.38. The molecular weight excluding hydrogens is 326 g/mol. The van der Waals surface area contributed by atoms with E-state index in [0.717, 1.165) is 0 Å². The number of anilines is 1. The molecule has 130 valence electrons. The van der Waals surface area contributed by atoms with Crippen LogP contribution >= 0.6 is 0 Å². The van der Waals surface area contributed by atoms with Gasteiger partial charge >= 0.3 is 0 Å². The third-order valence-electron chi connectivity index (χ3n) is 3.75. The Kier molecular flexibility index (Phi) is 6.00. The minimum atomic E-state index is -0.863. The van der Waals surface area contributed by atoms with Crippen LogP contribution in [0.15, 0.2) is 61.2 Å². The van der Waals surface area contributed by atoms with E-state index in [2.05, 4.69) is 11.9 Å². The number of amides is 2. The molecule has 0 bridgehead atoms. The summed E-state index contributed by atoms with van der Waals surface area (Å²) in [6.45, 7) is 2.60. The van der Waals surface area contributed by atoms with Crippen LogP contribution in [0.25, 0.3) is 0 Å². The lowest BCUT2D eigenvalue weighted by molar-refractivity contribution is -0.113. The number of hydrogen-bond acceptors (Lipinski definition) is 2. The van der Waals surface area contributed by atoms with Crippen molar-refractivity contribution in [3.63, 3.8) is 0 Å². The van der Waals surface area contributed by atoms with E-state index in [1.165, 1.54) is 47.4 Å². The van der Waals surface area contributed by atoms with E-state index in [1.54, 1.807) is 19.2 Å². The number of rotatable bonds is 6. The van der Waals surface area contributed by atoms with Gasteiger partial charge in [0.25, 0.3) is 5.91 Å². The van der Waals surface area contributed by atoms with E-state index < -0.39 is 24.4 Å². The Morgan fingerprint density at radius 3 is 2.28 bits per heavy atom. The molecule has 1 N–H and O–H groups in total. The molecule has 25 heavy (non-hydrogen) atoms. The molecule has 0 saturated carbocycles. The van der Waals surface area contributed by atoms with Crippen molar-refractivity contribution in [2.24, 2.45) is 0 Å². The van der Waals surface area contributed by atoms with Crippen molar-refractivity contribution in [2.45, 2.75) is 6.04 Å². The largest absolute Gasteiger partial charge is 0.343 e. The molecule has 1 unspecified atom stereocenters. The van der Waals surface area contributed by atoms with Gasteiger partial charge in [-0.3, -0.25) is 9.59 Å². The number of benzene rings is 2. The molecule has 0 saturated heterocycles. The highest BCUT2D eigenvalue weighted by atomic mass is 19.1. The van der Waals surface area contributed by atoms with Crippen LogP contribution in [-0.4, -0.2) is 25.5 Å². The number of nitrogens with one attached hydrogen (secondary N) is 1. The lowest BCUT2D eigenvalue weighted by Gasteiger charge is -2.17. The Balaban J connectivity index is 2.10. The van der Waals surface area contributed by atoms with E-state index in [4.69, 9.17) is 0 Å². The highest BCUT2D eigenvalue weighted by molar-refractivity contribution is 6.01. The molecule has 0 radical (unpaired) electrons. The van der Waals surface area contributed by atoms with Crippen molar-refractivity contribution in [1.29, 1.82) is 0 Å². The minimum absolute atomic E-state index is 0.272. The summed E-state index contributed by atoms with van der Waals surface area (Å²) in [6.07, 6.45) is 1.19. The summed E-state index contributed by atoms with van der Waals surface area (Å²) < 4.78 is 26.2. The van der Waals surface area contributed by atoms with Gasteiger partial charge in [0.2, 0.25) is 5.91 Å². The normalized spacial score (nSPS) is 11.5. The lowest BCUT2D eigenvalue weighted by Crippen LogP contribution is -2.30. The quantitative estimate of drug-likeness (QED) is 0.817. The van der Waals surface area contributed by atoms with Gasteiger partial charge < -0.3 is 10.2 Å². The van der Waals surface area contributed by atoms with Gasteiger partial charge in [-0.2, -0.15) is 0 Å². The number of nitrogens with zero attached hydrogens (tertiary/aromatic N) is 1. The molecule has 2 amide bonds. The third-order valence-corrected chi connectivity index (χ3v) is 3.75. The van der Waals surface area contributed by atoms with E-state index in [0.29, 0.717) is 16.8 Å². The number of carbonyl (C=O) groups excluding carboxylic acids is 2. The topological polar surface area (TPSA) is 49.4 Å². The highest BCUT2D eigenvalue weighted by Crippen LogP contribution is 2.17. The monoisotopic (exact) mass is 344 g/mol. The van der Waals surface area contributed by atoms with Gasteiger partial charge in [-0.15, -0.1) is 0 Å². The van der Waals surface area contributed by atoms with Gasteiger partial charge in [0, 0.05) is 18.3 Å². The van der Waals surface area contributed by atoms with Gasteiger partial charge in [0.05, 0.1) is 6.04 Å². The van der Waals surface area contributed by atoms with Crippen LogP contribution in [0.1, 0.15) is 22.0 Å². The molecule has 0 aliphatic heterocycles. The van der Waals surface area contributed by atoms with Crippen molar-refractivity contribution < 1.29 is 18.4 Å². The van der Waals surface area contributed by atoms with Gasteiger partial charge in [-0.25, -0.2) is 8.78 Å². The number of hydrogen-bond donors (Lipinski definition) is 1. The fourth-order valence-electron chi connectivity index (χ4n) is 2.25. The first-order valence-corrected chi connectivity index (χ1v) is 7.58. The molecule has 0 aromatic heterocycles. The standard InChI is InChI=1S/C19H18F2N2O2/c1-3-18(24)23(2)16-10-6-14(7-11-16)19(25)22-17(12-20)13-4-8-15(21)9-5-13/h3-11,17H,1,12H2,2H3,(H,22,25). The highest BCUT2D eigenvalue weighted by Gasteiger charge is 2.16. The Labute approximate surface area is 144 Å². The van der Waals surface area contributed by atoms with Crippen molar-refractivity contribution in [3.8, 4) is 0 Å². The SMILES string of the molecule is C=CC(=O)N(C)c1ccc(C(=O)NC(CF)c2ccc(F)cc2)cc1. The molecule has 0 spiro atoms. The number of likely N-dealkylation sites (N-methyl/N-ethyl adjacent to an activating group) is 1. The molecule has 0 aliphatic carbocycles. The molecule has 2 aromatic carbocycles. The predicted octanol–water partition coefficient (Wildman–Crippen LogP) is 3.42. The molecule has 2 aromatic rings. The van der Waals surface area contributed by atoms with Gasteiger partial charge in [-0.05, 0) is 48.0 Å². The zero-order valence-corrected chi connectivity index (χ0v) is 13.7. The van der Waals surface area contributed by atoms with Crippen LogP contribution in [0.5, 0.6) is 0 Å². The van der Waals surface area contributed by atoms with Gasteiger partial charge in [0.1, 0.15) is 12.5 Å². The summed E-state index contributed by atoms with van der Waals surface area (Å²) >= 11 is 0. The molecule has 0 aliphatic rings. The maximum atomic E-state index is 13.3. The molecule has 6 heteroatoms. The first-order chi connectivity index (χ1) is 12.0. The Morgan fingerprint density at radius 2 is 1.76 bits per heavy atom.